The van der Waals surface area contributed by atoms with Gasteiger partial charge in [-0.1, -0.05) is 60.4 Å². The number of nitrogens with zero attached hydrogens (tertiary/aromatic N) is 5. The van der Waals surface area contributed by atoms with E-state index < -0.39 is 17.7 Å². The first-order valence-electron chi connectivity index (χ1n) is 13.5. The Kier molecular flexibility index (Phi) is 7.96. The summed E-state index contributed by atoms with van der Waals surface area (Å²) >= 11 is 2.55. The molecular formula is C31H26FN5O4S2. The van der Waals surface area contributed by atoms with E-state index in [1.54, 1.807) is 66.1 Å². The van der Waals surface area contributed by atoms with Crippen molar-refractivity contribution in [3.63, 3.8) is 0 Å². The SMILES string of the molecule is CCCOc1ccc(C2C(=C(O)c3c(C)nc4ccccn34)C(=O)C(=O)N2c2nnc(SCc3ccc(F)cc3)s2)cc1. The van der Waals surface area contributed by atoms with Crippen LogP contribution in [0, 0.1) is 12.7 Å². The van der Waals surface area contributed by atoms with E-state index in [1.807, 2.05) is 13.0 Å². The van der Waals surface area contributed by atoms with Crippen LogP contribution in [0.15, 0.2) is 82.8 Å². The number of fused-ring (bicyclic) bond motifs is 1. The number of ether oxygens (including phenoxy) is 1. The molecule has 0 spiro atoms. The number of Topliss-reactive ketones (excluding diaryl/α,β-unsaturated/α-hetero) is 1. The lowest BCUT2D eigenvalue weighted by Crippen LogP contribution is -2.29. The predicted molar refractivity (Wildman–Crippen MR) is 163 cm³/mol. The first-order valence-corrected chi connectivity index (χ1v) is 15.3. The molecule has 0 bridgehead atoms. The fourth-order valence-corrected chi connectivity index (χ4v) is 6.75. The topological polar surface area (TPSA) is 110 Å². The van der Waals surface area contributed by atoms with Crippen LogP contribution in [-0.2, 0) is 15.3 Å². The van der Waals surface area contributed by atoms with Gasteiger partial charge >= 0.3 is 5.91 Å². The van der Waals surface area contributed by atoms with Crippen molar-refractivity contribution in [1.82, 2.24) is 19.6 Å². The molecule has 1 atom stereocenters. The lowest BCUT2D eigenvalue weighted by Gasteiger charge is -2.22. The monoisotopic (exact) mass is 615 g/mol. The van der Waals surface area contributed by atoms with Crippen molar-refractivity contribution in [1.29, 1.82) is 0 Å². The Bertz CT molecular complexity index is 1850. The highest BCUT2D eigenvalue weighted by molar-refractivity contribution is 8.00. The number of hydrogen-bond donors (Lipinski definition) is 1. The number of halogens is 1. The summed E-state index contributed by atoms with van der Waals surface area (Å²) < 4.78 is 21.3. The first-order chi connectivity index (χ1) is 20.9. The minimum absolute atomic E-state index is 0.0725. The van der Waals surface area contributed by atoms with Gasteiger partial charge in [-0.3, -0.25) is 18.9 Å². The van der Waals surface area contributed by atoms with Gasteiger partial charge in [-0.2, -0.15) is 0 Å². The number of amides is 1. The molecule has 1 saturated heterocycles. The largest absolute Gasteiger partial charge is 0.505 e. The minimum Gasteiger partial charge on any atom is -0.505 e. The number of aliphatic hydroxyl groups is 1. The molecule has 3 aromatic heterocycles. The molecular weight excluding hydrogens is 590 g/mol. The normalized spacial score (nSPS) is 16.3. The van der Waals surface area contributed by atoms with Crippen LogP contribution in [0.3, 0.4) is 0 Å². The van der Waals surface area contributed by atoms with Crippen LogP contribution in [0.4, 0.5) is 9.52 Å². The molecule has 218 valence electrons. The van der Waals surface area contributed by atoms with Crippen molar-refractivity contribution in [2.24, 2.45) is 0 Å². The van der Waals surface area contributed by atoms with Gasteiger partial charge in [0.15, 0.2) is 10.1 Å². The van der Waals surface area contributed by atoms with Crippen LogP contribution in [0.5, 0.6) is 5.75 Å². The number of anilines is 1. The molecule has 1 amide bonds. The van der Waals surface area contributed by atoms with Gasteiger partial charge in [-0.05, 0) is 60.9 Å². The average Bonchev–Trinajstić information content (AvgIpc) is 3.69. The molecule has 0 aliphatic carbocycles. The van der Waals surface area contributed by atoms with Crippen LogP contribution in [0.2, 0.25) is 0 Å². The summed E-state index contributed by atoms with van der Waals surface area (Å²) in [6, 6.07) is 17.7. The van der Waals surface area contributed by atoms with Crippen molar-refractivity contribution < 1.29 is 23.8 Å². The van der Waals surface area contributed by atoms with Crippen molar-refractivity contribution >= 4 is 51.3 Å². The number of aliphatic hydroxyl groups excluding tert-OH is 1. The Labute approximate surface area is 254 Å². The number of carbonyl (C=O) groups excluding carboxylic acids is 2. The summed E-state index contributed by atoms with van der Waals surface area (Å²) in [6.45, 7) is 4.30. The molecule has 1 aliphatic heterocycles. The number of aromatic nitrogens is 4. The number of imidazole rings is 1. The molecule has 0 radical (unpaired) electrons. The second kappa shape index (κ2) is 12.0. The number of hydrogen-bond acceptors (Lipinski definition) is 9. The zero-order valence-corrected chi connectivity index (χ0v) is 24.9. The molecule has 1 fully saturated rings. The first kappa shape index (κ1) is 28.6. The molecule has 1 N–H and O–H groups in total. The summed E-state index contributed by atoms with van der Waals surface area (Å²) in [7, 11) is 0. The van der Waals surface area contributed by atoms with Crippen LogP contribution < -0.4 is 9.64 Å². The molecule has 1 aliphatic rings. The smallest absolute Gasteiger partial charge is 0.301 e. The average molecular weight is 616 g/mol. The maximum absolute atomic E-state index is 13.7. The fourth-order valence-electron chi connectivity index (χ4n) is 4.92. The van der Waals surface area contributed by atoms with Crippen molar-refractivity contribution in [3.8, 4) is 5.75 Å². The molecule has 0 saturated carbocycles. The third-order valence-corrected chi connectivity index (χ3v) is 9.05. The molecule has 1 unspecified atom stereocenters. The molecule has 5 aromatic rings. The number of carbonyl (C=O) groups is 2. The molecule has 9 nitrogen and oxygen atoms in total. The maximum atomic E-state index is 13.7. The summed E-state index contributed by atoms with van der Waals surface area (Å²) in [5.74, 6) is -1.14. The standard InChI is InChI=1S/C31H26FN5O4S2/c1-3-16-41-22-13-9-20(10-14-22)26-24(27(38)25-18(2)33-23-6-4-5-15-36(23)25)28(39)29(40)37(26)30-34-35-31(43-30)42-17-19-7-11-21(32)12-8-19/h4-15,26,38H,3,16-17H2,1-2H3. The molecule has 6 rings (SSSR count). The second-order valence-corrected chi connectivity index (χ2v) is 12.0. The van der Waals surface area contributed by atoms with E-state index in [0.29, 0.717) is 45.0 Å². The van der Waals surface area contributed by atoms with Gasteiger partial charge in [-0.25, -0.2) is 9.37 Å². The van der Waals surface area contributed by atoms with Gasteiger partial charge in [0, 0.05) is 11.9 Å². The number of ketones is 1. The van der Waals surface area contributed by atoms with E-state index in [9.17, 15) is 19.1 Å². The highest BCUT2D eigenvalue weighted by atomic mass is 32.2. The number of pyridine rings is 1. The van der Waals surface area contributed by atoms with Gasteiger partial charge in [0.2, 0.25) is 5.13 Å². The summed E-state index contributed by atoms with van der Waals surface area (Å²) in [4.78, 5) is 33.1. The van der Waals surface area contributed by atoms with Gasteiger partial charge in [0.1, 0.15) is 22.9 Å². The van der Waals surface area contributed by atoms with Crippen molar-refractivity contribution in [3.05, 3.63) is 107 Å². The minimum atomic E-state index is -0.975. The van der Waals surface area contributed by atoms with E-state index in [4.69, 9.17) is 4.74 Å². The summed E-state index contributed by atoms with van der Waals surface area (Å²) in [6.07, 6.45) is 2.59. The van der Waals surface area contributed by atoms with Gasteiger partial charge < -0.3 is 9.84 Å². The Hall–Kier alpha value is -4.55. The molecule has 12 heteroatoms. The van der Waals surface area contributed by atoms with Gasteiger partial charge in [0.05, 0.1) is 23.9 Å². The van der Waals surface area contributed by atoms with Crippen LogP contribution in [-0.4, -0.2) is 43.0 Å². The predicted octanol–water partition coefficient (Wildman–Crippen LogP) is 6.34. The van der Waals surface area contributed by atoms with Crippen LogP contribution >= 0.6 is 23.1 Å². The van der Waals surface area contributed by atoms with Crippen molar-refractivity contribution in [2.45, 2.75) is 36.4 Å². The van der Waals surface area contributed by atoms with Gasteiger partial charge in [0.25, 0.3) is 5.78 Å². The van der Waals surface area contributed by atoms with Crippen LogP contribution in [0.25, 0.3) is 11.4 Å². The van der Waals surface area contributed by atoms with Crippen LogP contribution in [0.1, 0.15) is 41.9 Å². The third-order valence-electron chi connectivity index (χ3n) is 6.92. The van der Waals surface area contributed by atoms with Crippen molar-refractivity contribution in [2.75, 3.05) is 11.5 Å². The van der Waals surface area contributed by atoms with E-state index in [1.165, 1.54) is 28.8 Å². The third kappa shape index (κ3) is 5.51. The highest BCUT2D eigenvalue weighted by Gasteiger charge is 2.49. The van der Waals surface area contributed by atoms with E-state index in [0.717, 1.165) is 23.3 Å². The number of benzene rings is 2. The zero-order chi connectivity index (χ0) is 30.1. The summed E-state index contributed by atoms with van der Waals surface area (Å²) in [5, 5.41) is 20.4. The van der Waals surface area contributed by atoms with Gasteiger partial charge in [-0.15, -0.1) is 10.2 Å². The number of thioether (sulfide) groups is 1. The highest BCUT2D eigenvalue weighted by Crippen LogP contribution is 2.44. The lowest BCUT2D eigenvalue weighted by atomic mass is 9.96. The Morgan fingerprint density at radius 1 is 1.07 bits per heavy atom. The maximum Gasteiger partial charge on any atom is 0.301 e. The second-order valence-electron chi connectivity index (χ2n) is 9.83. The fraction of sp³-hybridized carbons (Fsp3) is 0.194. The quantitative estimate of drug-likeness (QED) is 0.0673. The van der Waals surface area contributed by atoms with E-state index in [-0.39, 0.29) is 22.3 Å². The lowest BCUT2D eigenvalue weighted by molar-refractivity contribution is -0.132. The zero-order valence-electron chi connectivity index (χ0n) is 23.2. The number of aryl methyl sites for hydroxylation is 1. The Morgan fingerprint density at radius 3 is 2.58 bits per heavy atom. The number of rotatable bonds is 9. The summed E-state index contributed by atoms with van der Waals surface area (Å²) in [5.41, 5.74) is 2.85. The molecule has 2 aromatic carbocycles. The molecule has 4 heterocycles. The van der Waals surface area contributed by atoms with E-state index in [2.05, 4.69) is 15.2 Å². The molecule has 43 heavy (non-hydrogen) atoms. The Balaban J connectivity index is 1.42. The Morgan fingerprint density at radius 2 is 1.84 bits per heavy atom. The van der Waals surface area contributed by atoms with E-state index >= 15 is 0 Å².